The quantitative estimate of drug-likeness (QED) is 0.920. The van der Waals surface area contributed by atoms with Crippen LogP contribution in [0.15, 0.2) is 18.6 Å². The molecule has 4 rings (SSSR count). The van der Waals surface area contributed by atoms with Gasteiger partial charge in [0.2, 0.25) is 0 Å². The number of aromatic nitrogens is 4. The maximum absolute atomic E-state index is 12.5. The molecular formula is C14H17N5O. The molecule has 1 N–H and O–H groups in total. The molecule has 1 spiro atoms. The Bertz CT molecular complexity index is 659. The third-order valence-electron chi connectivity index (χ3n) is 4.41. The molecular weight excluding hydrogens is 254 g/mol. The summed E-state index contributed by atoms with van der Waals surface area (Å²) >= 11 is 0. The molecule has 2 fully saturated rings. The van der Waals surface area contributed by atoms with Gasteiger partial charge in [-0.25, -0.2) is 0 Å². The molecule has 1 aliphatic heterocycles. The first-order chi connectivity index (χ1) is 9.71. The number of carbonyl (C=O) groups excluding carboxylic acids is 1. The summed E-state index contributed by atoms with van der Waals surface area (Å²) in [4.78, 5) is 14.4. The van der Waals surface area contributed by atoms with E-state index in [1.165, 1.54) is 12.8 Å². The van der Waals surface area contributed by atoms with Gasteiger partial charge in [0.15, 0.2) is 0 Å². The van der Waals surface area contributed by atoms with Crippen molar-refractivity contribution < 1.29 is 4.79 Å². The van der Waals surface area contributed by atoms with Gasteiger partial charge in [-0.2, -0.15) is 10.2 Å². The van der Waals surface area contributed by atoms with Crippen LogP contribution in [0.4, 0.5) is 0 Å². The minimum atomic E-state index is 0.0792. The van der Waals surface area contributed by atoms with E-state index in [0.717, 1.165) is 30.9 Å². The summed E-state index contributed by atoms with van der Waals surface area (Å²) in [5.41, 5.74) is 2.81. The van der Waals surface area contributed by atoms with Crippen LogP contribution in [0.2, 0.25) is 0 Å². The van der Waals surface area contributed by atoms with E-state index in [9.17, 15) is 4.79 Å². The third kappa shape index (κ3) is 1.67. The Morgan fingerprint density at radius 1 is 1.40 bits per heavy atom. The number of hydrogen-bond acceptors (Lipinski definition) is 3. The number of rotatable bonds is 3. The highest BCUT2D eigenvalue weighted by Crippen LogP contribution is 2.53. The highest BCUT2D eigenvalue weighted by atomic mass is 16.2. The summed E-state index contributed by atoms with van der Waals surface area (Å²) in [6.07, 6.45) is 7.88. The molecule has 1 saturated carbocycles. The van der Waals surface area contributed by atoms with Crippen molar-refractivity contribution in [2.75, 3.05) is 13.1 Å². The highest BCUT2D eigenvalue weighted by molar-refractivity contribution is 6.00. The largest absolute Gasteiger partial charge is 0.337 e. The van der Waals surface area contributed by atoms with Crippen LogP contribution in [-0.2, 0) is 6.54 Å². The van der Waals surface area contributed by atoms with Crippen LogP contribution >= 0.6 is 0 Å². The van der Waals surface area contributed by atoms with Crippen LogP contribution in [-0.4, -0.2) is 43.9 Å². The van der Waals surface area contributed by atoms with Crippen LogP contribution < -0.4 is 0 Å². The van der Waals surface area contributed by atoms with Crippen molar-refractivity contribution >= 4 is 5.91 Å². The molecule has 0 aromatic carbocycles. The molecule has 0 atom stereocenters. The number of likely N-dealkylation sites (tertiary alicyclic amines) is 1. The maximum atomic E-state index is 12.5. The molecule has 2 aromatic heterocycles. The second kappa shape index (κ2) is 3.94. The number of nitrogens with one attached hydrogen (secondary N) is 1. The predicted molar refractivity (Wildman–Crippen MR) is 73.1 cm³/mol. The first kappa shape index (κ1) is 11.7. The monoisotopic (exact) mass is 271 g/mol. The molecule has 0 unspecified atom stereocenters. The number of nitrogens with zero attached hydrogens (tertiary/aromatic N) is 4. The van der Waals surface area contributed by atoms with Gasteiger partial charge in [-0.1, -0.05) is 0 Å². The van der Waals surface area contributed by atoms with E-state index in [0.29, 0.717) is 11.0 Å². The van der Waals surface area contributed by atoms with Gasteiger partial charge in [-0.3, -0.25) is 14.6 Å². The van der Waals surface area contributed by atoms with E-state index in [4.69, 9.17) is 0 Å². The number of carbonyl (C=O) groups is 1. The van der Waals surface area contributed by atoms with E-state index < -0.39 is 0 Å². The molecule has 3 heterocycles. The molecule has 0 radical (unpaired) electrons. The predicted octanol–water partition coefficient (Wildman–Crippen LogP) is 1.53. The van der Waals surface area contributed by atoms with Gasteiger partial charge in [0.1, 0.15) is 0 Å². The van der Waals surface area contributed by atoms with Gasteiger partial charge in [0, 0.05) is 36.8 Å². The Labute approximate surface area is 116 Å². The van der Waals surface area contributed by atoms with E-state index in [2.05, 4.69) is 15.3 Å². The average Bonchev–Trinajstić information content (AvgIpc) is 2.88. The number of aryl methyl sites for hydroxylation is 1. The fraction of sp³-hybridized carbons (Fsp3) is 0.500. The lowest BCUT2D eigenvalue weighted by Gasteiger charge is -2.39. The third-order valence-corrected chi connectivity index (χ3v) is 4.41. The molecule has 0 bridgehead atoms. The van der Waals surface area contributed by atoms with Crippen LogP contribution in [0.1, 0.15) is 30.1 Å². The minimum Gasteiger partial charge on any atom is -0.337 e. The van der Waals surface area contributed by atoms with Crippen LogP contribution in [0, 0.1) is 5.41 Å². The summed E-state index contributed by atoms with van der Waals surface area (Å²) in [7, 11) is 0. The highest BCUT2D eigenvalue weighted by Gasteiger charge is 2.54. The van der Waals surface area contributed by atoms with Crippen molar-refractivity contribution in [3.8, 4) is 11.3 Å². The van der Waals surface area contributed by atoms with Gasteiger partial charge in [0.25, 0.3) is 5.91 Å². The second-order valence-corrected chi connectivity index (χ2v) is 5.90. The number of amides is 1. The zero-order valence-electron chi connectivity index (χ0n) is 11.5. The van der Waals surface area contributed by atoms with Gasteiger partial charge in [0.05, 0.1) is 23.7 Å². The molecule has 6 nitrogen and oxygen atoms in total. The van der Waals surface area contributed by atoms with Crippen molar-refractivity contribution in [1.29, 1.82) is 0 Å². The second-order valence-electron chi connectivity index (χ2n) is 5.90. The fourth-order valence-electron chi connectivity index (χ4n) is 2.90. The number of hydrogen-bond donors (Lipinski definition) is 1. The van der Waals surface area contributed by atoms with E-state index >= 15 is 0 Å². The standard InChI is InChI=1S/C14H17N5O/c1-2-19-7-10(5-16-19)12-11(6-15-17-12)13(20)18-8-14(9-18)3-4-14/h5-7H,2-4,8-9H2,1H3,(H,15,17). The summed E-state index contributed by atoms with van der Waals surface area (Å²) in [5, 5.41) is 11.2. The van der Waals surface area contributed by atoms with Gasteiger partial charge >= 0.3 is 0 Å². The zero-order chi connectivity index (χ0) is 13.7. The van der Waals surface area contributed by atoms with Crippen molar-refractivity contribution in [2.24, 2.45) is 5.41 Å². The van der Waals surface area contributed by atoms with E-state index in [1.807, 2.05) is 22.7 Å². The molecule has 2 aromatic rings. The molecule has 1 aliphatic carbocycles. The SMILES string of the molecule is CCn1cc(-c2[nH]ncc2C(=O)N2CC3(CC3)C2)cn1. The van der Waals surface area contributed by atoms with Gasteiger partial charge in [-0.05, 0) is 19.8 Å². The summed E-state index contributed by atoms with van der Waals surface area (Å²) < 4.78 is 1.84. The smallest absolute Gasteiger partial charge is 0.257 e. The van der Waals surface area contributed by atoms with Crippen LogP contribution in [0.3, 0.4) is 0 Å². The maximum Gasteiger partial charge on any atom is 0.257 e. The Kier molecular flexibility index (Phi) is 2.31. The van der Waals surface area contributed by atoms with E-state index in [1.54, 1.807) is 12.4 Å². The zero-order valence-corrected chi connectivity index (χ0v) is 11.5. The Morgan fingerprint density at radius 3 is 2.85 bits per heavy atom. The molecule has 1 amide bonds. The summed E-state index contributed by atoms with van der Waals surface area (Å²) in [6.45, 7) is 4.66. The average molecular weight is 271 g/mol. The number of aromatic amines is 1. The molecule has 104 valence electrons. The van der Waals surface area contributed by atoms with Gasteiger partial charge < -0.3 is 4.90 Å². The topological polar surface area (TPSA) is 66.8 Å². The summed E-state index contributed by atoms with van der Waals surface area (Å²) in [6, 6.07) is 0. The lowest BCUT2D eigenvalue weighted by Crippen LogP contribution is -2.51. The molecule has 20 heavy (non-hydrogen) atoms. The first-order valence-electron chi connectivity index (χ1n) is 7.06. The fourth-order valence-corrected chi connectivity index (χ4v) is 2.90. The molecule has 2 aliphatic rings. The first-order valence-corrected chi connectivity index (χ1v) is 7.06. The Balaban J connectivity index is 1.59. The Morgan fingerprint density at radius 2 is 2.20 bits per heavy atom. The lowest BCUT2D eigenvalue weighted by atomic mass is 9.95. The molecule has 6 heteroatoms. The molecule has 1 saturated heterocycles. The lowest BCUT2D eigenvalue weighted by molar-refractivity contribution is 0.0444. The van der Waals surface area contributed by atoms with Crippen LogP contribution in [0.25, 0.3) is 11.3 Å². The number of H-pyrrole nitrogens is 1. The van der Waals surface area contributed by atoms with Crippen LogP contribution in [0.5, 0.6) is 0 Å². The Hall–Kier alpha value is -2.11. The van der Waals surface area contributed by atoms with Crippen molar-refractivity contribution in [3.05, 3.63) is 24.2 Å². The van der Waals surface area contributed by atoms with Crippen molar-refractivity contribution in [1.82, 2.24) is 24.9 Å². The normalized spacial score (nSPS) is 19.1. The van der Waals surface area contributed by atoms with Gasteiger partial charge in [-0.15, -0.1) is 0 Å². The van der Waals surface area contributed by atoms with Crippen molar-refractivity contribution in [2.45, 2.75) is 26.3 Å². The minimum absolute atomic E-state index is 0.0792. The van der Waals surface area contributed by atoms with Crippen molar-refractivity contribution in [3.63, 3.8) is 0 Å². The van der Waals surface area contributed by atoms with E-state index in [-0.39, 0.29) is 5.91 Å². The summed E-state index contributed by atoms with van der Waals surface area (Å²) in [5.74, 6) is 0.0792.